The van der Waals surface area contributed by atoms with Crippen LogP contribution in [0.3, 0.4) is 0 Å². The molecule has 104 valence electrons. The van der Waals surface area contributed by atoms with Crippen LogP contribution in [-0.2, 0) is 9.53 Å². The molecule has 2 N–H and O–H groups in total. The summed E-state index contributed by atoms with van der Waals surface area (Å²) in [6.07, 6.45) is -0.0482. The van der Waals surface area contributed by atoms with Crippen molar-refractivity contribution in [3.05, 3.63) is 12.2 Å². The highest BCUT2D eigenvalue weighted by Gasteiger charge is 2.11. The molecule has 0 rings (SSSR count). The zero-order valence-corrected chi connectivity index (χ0v) is 11.1. The van der Waals surface area contributed by atoms with Crippen LogP contribution in [0.5, 0.6) is 0 Å². The summed E-state index contributed by atoms with van der Waals surface area (Å²) in [6.45, 7) is 9.34. The first-order valence-corrected chi connectivity index (χ1v) is 5.94. The molecule has 0 aromatic carbocycles. The third-order valence-electron chi connectivity index (χ3n) is 2.14. The summed E-state index contributed by atoms with van der Waals surface area (Å²) in [4.78, 5) is 23.5. The van der Waals surface area contributed by atoms with Gasteiger partial charge in [-0.15, -0.1) is 0 Å². The molecule has 6 heteroatoms. The summed E-state index contributed by atoms with van der Waals surface area (Å²) in [5, 5.41) is 11.2. The van der Waals surface area contributed by atoms with Crippen LogP contribution in [0.2, 0.25) is 0 Å². The summed E-state index contributed by atoms with van der Waals surface area (Å²) in [5.74, 6) is -0.911. The molecule has 18 heavy (non-hydrogen) atoms. The zero-order chi connectivity index (χ0) is 14.0. The quantitative estimate of drug-likeness (QED) is 0.479. The molecule has 0 spiro atoms. The van der Waals surface area contributed by atoms with Gasteiger partial charge in [0.1, 0.15) is 0 Å². The minimum absolute atomic E-state index is 0.0482. The standard InChI is InChI=1S/C12H22N2O4/c1-4-14(7-5-11(15)16)12(17)13-6-8-18-9-10(2)3/h2,4-9H2,1,3H3,(H,13,17)(H,15,16). The molecule has 0 aromatic heterocycles. The predicted molar refractivity (Wildman–Crippen MR) is 68.5 cm³/mol. The van der Waals surface area contributed by atoms with Crippen molar-refractivity contribution < 1.29 is 19.4 Å². The normalized spacial score (nSPS) is 9.89. The van der Waals surface area contributed by atoms with Gasteiger partial charge in [-0.3, -0.25) is 4.79 Å². The molecule has 2 amide bonds. The van der Waals surface area contributed by atoms with Crippen LogP contribution in [0.1, 0.15) is 20.3 Å². The maximum absolute atomic E-state index is 11.6. The minimum Gasteiger partial charge on any atom is -0.481 e. The number of carboxylic acid groups (broad SMARTS) is 1. The van der Waals surface area contributed by atoms with E-state index in [9.17, 15) is 9.59 Å². The molecule has 0 aliphatic carbocycles. The fourth-order valence-electron chi connectivity index (χ4n) is 1.22. The molecule has 0 heterocycles. The summed E-state index contributed by atoms with van der Waals surface area (Å²) in [6, 6.07) is -0.266. The van der Waals surface area contributed by atoms with Crippen molar-refractivity contribution in [2.45, 2.75) is 20.3 Å². The smallest absolute Gasteiger partial charge is 0.317 e. The van der Waals surface area contributed by atoms with Crippen molar-refractivity contribution in [2.24, 2.45) is 0 Å². The maximum Gasteiger partial charge on any atom is 0.317 e. The molecule has 0 aromatic rings. The van der Waals surface area contributed by atoms with E-state index in [1.54, 1.807) is 6.92 Å². The Hall–Kier alpha value is -1.56. The van der Waals surface area contributed by atoms with Crippen molar-refractivity contribution in [3.63, 3.8) is 0 Å². The molecule has 0 aliphatic rings. The number of ether oxygens (including phenoxy) is 1. The van der Waals surface area contributed by atoms with E-state index in [1.165, 1.54) is 4.90 Å². The van der Waals surface area contributed by atoms with Crippen LogP contribution in [0.25, 0.3) is 0 Å². The van der Waals surface area contributed by atoms with Gasteiger partial charge in [-0.25, -0.2) is 4.79 Å². The van der Waals surface area contributed by atoms with Crippen molar-refractivity contribution in [2.75, 3.05) is 32.8 Å². The van der Waals surface area contributed by atoms with Gasteiger partial charge in [0, 0.05) is 19.6 Å². The van der Waals surface area contributed by atoms with E-state index in [0.29, 0.717) is 26.3 Å². The fraction of sp³-hybridized carbons (Fsp3) is 0.667. The van der Waals surface area contributed by atoms with Crippen LogP contribution >= 0.6 is 0 Å². The van der Waals surface area contributed by atoms with Crippen LogP contribution in [-0.4, -0.2) is 54.9 Å². The number of amides is 2. The van der Waals surface area contributed by atoms with Gasteiger partial charge in [-0.05, 0) is 13.8 Å². The number of carbonyl (C=O) groups is 2. The molecule has 6 nitrogen and oxygen atoms in total. The Bertz CT molecular complexity index is 292. The zero-order valence-electron chi connectivity index (χ0n) is 11.1. The van der Waals surface area contributed by atoms with Gasteiger partial charge in [0.05, 0.1) is 19.6 Å². The Labute approximate surface area is 108 Å². The Balaban J connectivity index is 3.76. The van der Waals surface area contributed by atoms with Crippen LogP contribution in [0.15, 0.2) is 12.2 Å². The molecule has 0 unspecified atom stereocenters. The monoisotopic (exact) mass is 258 g/mol. The average Bonchev–Trinajstić information content (AvgIpc) is 2.28. The lowest BCUT2D eigenvalue weighted by Crippen LogP contribution is -2.42. The Kier molecular flexibility index (Phi) is 8.65. The van der Waals surface area contributed by atoms with Gasteiger partial charge >= 0.3 is 12.0 Å². The number of carbonyl (C=O) groups excluding carboxylic acids is 1. The van der Waals surface area contributed by atoms with Gasteiger partial charge in [-0.2, -0.15) is 0 Å². The third-order valence-corrected chi connectivity index (χ3v) is 2.14. The Morgan fingerprint density at radius 3 is 2.61 bits per heavy atom. The molecule has 0 saturated carbocycles. The van der Waals surface area contributed by atoms with E-state index in [1.807, 2.05) is 6.92 Å². The van der Waals surface area contributed by atoms with E-state index in [4.69, 9.17) is 9.84 Å². The number of nitrogens with one attached hydrogen (secondary N) is 1. The number of hydrogen-bond acceptors (Lipinski definition) is 3. The van der Waals surface area contributed by atoms with Crippen molar-refractivity contribution in [1.82, 2.24) is 10.2 Å². The van der Waals surface area contributed by atoms with Crippen molar-refractivity contribution >= 4 is 12.0 Å². The number of aliphatic carboxylic acids is 1. The van der Waals surface area contributed by atoms with Crippen molar-refractivity contribution in [1.29, 1.82) is 0 Å². The lowest BCUT2D eigenvalue weighted by atomic mass is 10.4. The van der Waals surface area contributed by atoms with Gasteiger partial charge < -0.3 is 20.1 Å². The fourth-order valence-corrected chi connectivity index (χ4v) is 1.22. The van der Waals surface area contributed by atoms with Crippen molar-refractivity contribution in [3.8, 4) is 0 Å². The lowest BCUT2D eigenvalue weighted by Gasteiger charge is -2.20. The minimum atomic E-state index is -0.911. The number of urea groups is 1. The lowest BCUT2D eigenvalue weighted by molar-refractivity contribution is -0.137. The highest BCUT2D eigenvalue weighted by Crippen LogP contribution is 1.93. The molecule has 0 fully saturated rings. The van der Waals surface area contributed by atoms with Gasteiger partial charge in [0.2, 0.25) is 0 Å². The first-order valence-electron chi connectivity index (χ1n) is 5.94. The topological polar surface area (TPSA) is 78.9 Å². The number of nitrogens with zero attached hydrogens (tertiary/aromatic N) is 1. The second kappa shape index (κ2) is 9.47. The van der Waals surface area contributed by atoms with Gasteiger partial charge in [0.25, 0.3) is 0 Å². The Morgan fingerprint density at radius 2 is 2.11 bits per heavy atom. The average molecular weight is 258 g/mol. The second-order valence-electron chi connectivity index (χ2n) is 3.97. The molecule has 0 radical (unpaired) electrons. The highest BCUT2D eigenvalue weighted by molar-refractivity contribution is 5.75. The molecule has 0 saturated heterocycles. The summed E-state index contributed by atoms with van der Waals surface area (Å²) >= 11 is 0. The predicted octanol–water partition coefficient (Wildman–Crippen LogP) is 1.09. The third kappa shape index (κ3) is 8.58. The largest absolute Gasteiger partial charge is 0.481 e. The van der Waals surface area contributed by atoms with E-state index in [2.05, 4.69) is 11.9 Å². The number of carboxylic acids is 1. The number of rotatable bonds is 9. The van der Waals surface area contributed by atoms with Gasteiger partial charge in [0.15, 0.2) is 0 Å². The molecule has 0 bridgehead atoms. The van der Waals surface area contributed by atoms with E-state index in [0.717, 1.165) is 5.57 Å². The molecule has 0 aliphatic heterocycles. The Morgan fingerprint density at radius 1 is 1.44 bits per heavy atom. The first kappa shape index (κ1) is 16.4. The summed E-state index contributed by atoms with van der Waals surface area (Å²) in [7, 11) is 0. The molecular weight excluding hydrogens is 236 g/mol. The maximum atomic E-state index is 11.6. The summed E-state index contributed by atoms with van der Waals surface area (Å²) in [5.41, 5.74) is 0.929. The van der Waals surface area contributed by atoms with E-state index in [-0.39, 0.29) is 19.0 Å². The second-order valence-corrected chi connectivity index (χ2v) is 3.97. The van der Waals surface area contributed by atoms with Crippen LogP contribution in [0, 0.1) is 0 Å². The number of hydrogen-bond donors (Lipinski definition) is 2. The van der Waals surface area contributed by atoms with E-state index < -0.39 is 5.97 Å². The SMILES string of the molecule is C=C(C)COCCNC(=O)N(CC)CCC(=O)O. The van der Waals surface area contributed by atoms with Crippen LogP contribution < -0.4 is 5.32 Å². The first-order chi connectivity index (χ1) is 8.47. The van der Waals surface area contributed by atoms with Gasteiger partial charge in [-0.1, -0.05) is 12.2 Å². The summed E-state index contributed by atoms with van der Waals surface area (Å²) < 4.78 is 5.23. The molecular formula is C12H22N2O4. The van der Waals surface area contributed by atoms with Crippen LogP contribution in [0.4, 0.5) is 4.79 Å². The van der Waals surface area contributed by atoms with E-state index >= 15 is 0 Å². The highest BCUT2D eigenvalue weighted by atomic mass is 16.5. The molecule has 0 atom stereocenters.